The lowest BCUT2D eigenvalue weighted by Gasteiger charge is -2.14. The molecule has 18 heavy (non-hydrogen) atoms. The average molecular weight is 274 g/mol. The third-order valence-electron chi connectivity index (χ3n) is 2.37. The van der Waals surface area contributed by atoms with Gasteiger partial charge >= 0.3 is 0 Å². The zero-order valence-electron chi connectivity index (χ0n) is 10.6. The predicted octanol–water partition coefficient (Wildman–Crippen LogP) is 0.329. The van der Waals surface area contributed by atoms with Crippen molar-refractivity contribution in [2.24, 2.45) is 5.73 Å². The number of ether oxygens (including phenoxy) is 2. The van der Waals surface area contributed by atoms with Crippen molar-refractivity contribution in [3.8, 4) is 11.5 Å². The second kappa shape index (κ2) is 6.03. The molecule has 1 aromatic carbocycles. The fourth-order valence-electron chi connectivity index (χ4n) is 1.37. The van der Waals surface area contributed by atoms with E-state index in [0.717, 1.165) is 0 Å². The van der Waals surface area contributed by atoms with Gasteiger partial charge < -0.3 is 15.2 Å². The molecule has 0 amide bonds. The molecule has 0 aliphatic rings. The number of rotatable bonds is 6. The molecule has 0 radical (unpaired) electrons. The summed E-state index contributed by atoms with van der Waals surface area (Å²) in [6.07, 6.45) is 0. The topological polar surface area (TPSA) is 90.7 Å². The van der Waals surface area contributed by atoms with E-state index in [2.05, 4.69) is 4.72 Å². The van der Waals surface area contributed by atoms with Crippen LogP contribution in [0.15, 0.2) is 23.1 Å². The van der Waals surface area contributed by atoms with Crippen LogP contribution in [0, 0.1) is 0 Å². The van der Waals surface area contributed by atoms with E-state index < -0.39 is 10.0 Å². The van der Waals surface area contributed by atoms with E-state index in [1.807, 2.05) is 0 Å². The van der Waals surface area contributed by atoms with Gasteiger partial charge in [-0.15, -0.1) is 0 Å². The number of nitrogens with two attached hydrogens (primary N) is 1. The van der Waals surface area contributed by atoms with Crippen LogP contribution < -0.4 is 19.9 Å². The Morgan fingerprint density at radius 1 is 1.33 bits per heavy atom. The van der Waals surface area contributed by atoms with E-state index in [0.29, 0.717) is 5.75 Å². The van der Waals surface area contributed by atoms with Crippen molar-refractivity contribution in [3.05, 3.63) is 18.2 Å². The Hall–Kier alpha value is -1.31. The molecule has 0 aliphatic heterocycles. The minimum absolute atomic E-state index is 0.0612. The van der Waals surface area contributed by atoms with Gasteiger partial charge in [0.15, 0.2) is 0 Å². The van der Waals surface area contributed by atoms with Gasteiger partial charge in [0, 0.05) is 18.7 Å². The summed E-state index contributed by atoms with van der Waals surface area (Å²) in [4.78, 5) is 0.0612. The summed E-state index contributed by atoms with van der Waals surface area (Å²) < 4.78 is 36.7. The summed E-state index contributed by atoms with van der Waals surface area (Å²) in [5.41, 5.74) is 5.40. The normalized spacial score (nSPS) is 13.1. The highest BCUT2D eigenvalue weighted by Crippen LogP contribution is 2.28. The first kappa shape index (κ1) is 14.7. The maximum atomic E-state index is 12.1. The van der Waals surface area contributed by atoms with Crippen molar-refractivity contribution in [2.75, 3.05) is 20.8 Å². The quantitative estimate of drug-likeness (QED) is 0.780. The standard InChI is InChI=1S/C11H18N2O4S/c1-8(7-12)13-18(14,15)11-5-4-9(16-2)6-10(11)17-3/h4-6,8,13H,7,12H2,1-3H3. The molecule has 6 nitrogen and oxygen atoms in total. The average Bonchev–Trinajstić information content (AvgIpc) is 2.37. The van der Waals surface area contributed by atoms with E-state index in [1.165, 1.54) is 26.4 Å². The largest absolute Gasteiger partial charge is 0.497 e. The van der Waals surface area contributed by atoms with Gasteiger partial charge in [-0.3, -0.25) is 0 Å². The van der Waals surface area contributed by atoms with Crippen LogP contribution in [-0.4, -0.2) is 35.2 Å². The number of hydrogen-bond acceptors (Lipinski definition) is 5. The van der Waals surface area contributed by atoms with Crippen LogP contribution in [0.25, 0.3) is 0 Å². The van der Waals surface area contributed by atoms with Crippen molar-refractivity contribution in [3.63, 3.8) is 0 Å². The number of nitrogens with one attached hydrogen (secondary N) is 1. The molecule has 1 unspecified atom stereocenters. The first-order valence-corrected chi connectivity index (χ1v) is 6.87. The van der Waals surface area contributed by atoms with E-state index in [4.69, 9.17) is 15.2 Å². The smallest absolute Gasteiger partial charge is 0.244 e. The highest BCUT2D eigenvalue weighted by atomic mass is 32.2. The molecule has 102 valence electrons. The summed E-state index contributed by atoms with van der Waals surface area (Å²) in [7, 11) is -0.749. The molecule has 0 saturated heterocycles. The summed E-state index contributed by atoms with van der Waals surface area (Å²) >= 11 is 0. The number of benzene rings is 1. The van der Waals surface area contributed by atoms with Crippen molar-refractivity contribution in [1.82, 2.24) is 4.72 Å². The van der Waals surface area contributed by atoms with Crippen LogP contribution in [-0.2, 0) is 10.0 Å². The van der Waals surface area contributed by atoms with Crippen LogP contribution in [0.2, 0.25) is 0 Å². The highest BCUT2D eigenvalue weighted by Gasteiger charge is 2.21. The molecular weight excluding hydrogens is 256 g/mol. The van der Waals surface area contributed by atoms with Gasteiger partial charge in [-0.2, -0.15) is 0 Å². The molecule has 0 aliphatic carbocycles. The molecule has 3 N–H and O–H groups in total. The molecule has 0 heterocycles. The number of hydrogen-bond donors (Lipinski definition) is 2. The Morgan fingerprint density at radius 2 is 2.00 bits per heavy atom. The maximum absolute atomic E-state index is 12.1. The van der Waals surface area contributed by atoms with Gasteiger partial charge in [-0.1, -0.05) is 0 Å². The molecule has 0 bridgehead atoms. The summed E-state index contributed by atoms with van der Waals surface area (Å²) in [6, 6.07) is 4.16. The maximum Gasteiger partial charge on any atom is 0.244 e. The van der Waals surface area contributed by atoms with Crippen molar-refractivity contribution in [1.29, 1.82) is 0 Å². The second-order valence-electron chi connectivity index (χ2n) is 3.77. The molecular formula is C11H18N2O4S. The van der Waals surface area contributed by atoms with Crippen LogP contribution in [0.5, 0.6) is 11.5 Å². The fraction of sp³-hybridized carbons (Fsp3) is 0.455. The Morgan fingerprint density at radius 3 is 2.50 bits per heavy atom. The van der Waals surface area contributed by atoms with E-state index in [9.17, 15) is 8.42 Å². The third-order valence-corrected chi connectivity index (χ3v) is 4.00. The SMILES string of the molecule is COc1ccc(S(=O)(=O)NC(C)CN)c(OC)c1. The monoisotopic (exact) mass is 274 g/mol. The van der Waals surface area contributed by atoms with Gasteiger partial charge in [0.2, 0.25) is 10.0 Å². The van der Waals surface area contributed by atoms with Crippen LogP contribution in [0.4, 0.5) is 0 Å². The van der Waals surface area contributed by atoms with Crippen molar-refractivity contribution < 1.29 is 17.9 Å². The fourth-order valence-corrected chi connectivity index (χ4v) is 2.78. The first-order valence-electron chi connectivity index (χ1n) is 5.39. The Labute approximate surface area is 107 Å². The Kier molecular flexibility index (Phi) is 4.94. The lowest BCUT2D eigenvalue weighted by Crippen LogP contribution is -2.37. The zero-order valence-corrected chi connectivity index (χ0v) is 11.5. The second-order valence-corrected chi connectivity index (χ2v) is 5.46. The molecule has 7 heteroatoms. The zero-order chi connectivity index (χ0) is 13.8. The van der Waals surface area contributed by atoms with Crippen LogP contribution in [0.1, 0.15) is 6.92 Å². The molecule has 1 aromatic rings. The van der Waals surface area contributed by atoms with Gasteiger partial charge in [-0.05, 0) is 19.1 Å². The summed E-state index contributed by atoms with van der Waals surface area (Å²) in [5, 5.41) is 0. The number of sulfonamides is 1. The van der Waals surface area contributed by atoms with Crippen LogP contribution >= 0.6 is 0 Å². The van der Waals surface area contributed by atoms with Crippen molar-refractivity contribution in [2.45, 2.75) is 17.9 Å². The molecule has 1 atom stereocenters. The van der Waals surface area contributed by atoms with Gasteiger partial charge in [0.1, 0.15) is 16.4 Å². The Balaban J connectivity index is 3.15. The highest BCUT2D eigenvalue weighted by molar-refractivity contribution is 7.89. The minimum Gasteiger partial charge on any atom is -0.497 e. The molecule has 0 spiro atoms. The number of methoxy groups -OCH3 is 2. The van der Waals surface area contributed by atoms with Crippen molar-refractivity contribution >= 4 is 10.0 Å². The summed E-state index contributed by atoms with van der Waals surface area (Å²) in [6.45, 7) is 1.91. The lowest BCUT2D eigenvalue weighted by atomic mass is 10.3. The van der Waals surface area contributed by atoms with E-state index >= 15 is 0 Å². The molecule has 0 fully saturated rings. The summed E-state index contributed by atoms with van der Waals surface area (Å²) in [5.74, 6) is 0.753. The molecule has 0 saturated carbocycles. The first-order chi connectivity index (χ1) is 8.44. The van der Waals surface area contributed by atoms with Gasteiger partial charge in [-0.25, -0.2) is 13.1 Å². The lowest BCUT2D eigenvalue weighted by molar-refractivity contribution is 0.385. The van der Waals surface area contributed by atoms with E-state index in [1.54, 1.807) is 13.0 Å². The predicted molar refractivity (Wildman–Crippen MR) is 68.4 cm³/mol. The van der Waals surface area contributed by atoms with E-state index in [-0.39, 0.29) is 23.2 Å². The minimum atomic E-state index is -3.65. The van der Waals surface area contributed by atoms with Gasteiger partial charge in [0.05, 0.1) is 14.2 Å². The van der Waals surface area contributed by atoms with Crippen LogP contribution in [0.3, 0.4) is 0 Å². The van der Waals surface area contributed by atoms with Gasteiger partial charge in [0.25, 0.3) is 0 Å². The molecule has 0 aromatic heterocycles. The third kappa shape index (κ3) is 3.34. The molecule has 1 rings (SSSR count). The Bertz CT molecular complexity index is 502.